The zero-order valence-electron chi connectivity index (χ0n) is 7.92. The number of methoxy groups -OCH3 is 1. The van der Waals surface area contributed by atoms with Crippen LogP contribution in [0.1, 0.15) is 22.0 Å². The van der Waals surface area contributed by atoms with Gasteiger partial charge >= 0.3 is 12.1 Å². The Morgan fingerprint density at radius 3 is 2.47 bits per heavy atom. The predicted molar refractivity (Wildman–Crippen MR) is 43.1 cm³/mol. The van der Waals surface area contributed by atoms with Crippen LogP contribution in [0, 0.1) is 6.92 Å². The standard InChI is InChI=1S/C8H7F3N2O2/c1-4-3-5(6(14)15-2)13-7(12-4)8(9,10)11/h3H,1-2H3. The molecule has 1 rings (SSSR count). The highest BCUT2D eigenvalue weighted by atomic mass is 19.4. The maximum atomic E-state index is 12.2. The second kappa shape index (κ2) is 3.84. The number of alkyl halides is 3. The molecule has 7 heteroatoms. The normalized spacial score (nSPS) is 11.3. The van der Waals surface area contributed by atoms with Gasteiger partial charge < -0.3 is 4.74 Å². The number of carbonyl (C=O) groups is 1. The van der Waals surface area contributed by atoms with Gasteiger partial charge in [0.2, 0.25) is 5.82 Å². The number of hydrogen-bond donors (Lipinski definition) is 0. The molecule has 0 bridgehead atoms. The number of esters is 1. The van der Waals surface area contributed by atoms with Crippen LogP contribution in [-0.4, -0.2) is 23.0 Å². The Morgan fingerprint density at radius 2 is 2.00 bits per heavy atom. The van der Waals surface area contributed by atoms with E-state index in [1.165, 1.54) is 6.92 Å². The van der Waals surface area contributed by atoms with E-state index in [1.807, 2.05) is 0 Å². The monoisotopic (exact) mass is 220 g/mol. The van der Waals surface area contributed by atoms with E-state index in [0.29, 0.717) is 0 Å². The first kappa shape index (κ1) is 11.4. The molecule has 0 saturated carbocycles. The third-order valence-electron chi connectivity index (χ3n) is 1.50. The molecule has 0 atom stereocenters. The van der Waals surface area contributed by atoms with Crippen molar-refractivity contribution in [3.05, 3.63) is 23.3 Å². The molecule has 0 saturated heterocycles. The second-order valence-electron chi connectivity index (χ2n) is 2.71. The average Bonchev–Trinajstić information content (AvgIpc) is 2.14. The van der Waals surface area contributed by atoms with Gasteiger partial charge in [0.25, 0.3) is 0 Å². The van der Waals surface area contributed by atoms with Crippen LogP contribution in [0.5, 0.6) is 0 Å². The molecular weight excluding hydrogens is 213 g/mol. The highest BCUT2D eigenvalue weighted by Crippen LogP contribution is 2.26. The number of carbonyl (C=O) groups excluding carboxylic acids is 1. The highest BCUT2D eigenvalue weighted by molar-refractivity contribution is 5.87. The van der Waals surface area contributed by atoms with E-state index in [2.05, 4.69) is 14.7 Å². The second-order valence-corrected chi connectivity index (χ2v) is 2.71. The molecule has 4 nitrogen and oxygen atoms in total. The summed E-state index contributed by atoms with van der Waals surface area (Å²) in [4.78, 5) is 17.2. The maximum Gasteiger partial charge on any atom is 0.451 e. The van der Waals surface area contributed by atoms with Gasteiger partial charge in [0.15, 0.2) is 5.69 Å². The summed E-state index contributed by atoms with van der Waals surface area (Å²) in [6.45, 7) is 1.34. The Kier molecular flexibility index (Phi) is 2.92. The summed E-state index contributed by atoms with van der Waals surface area (Å²) in [5.41, 5.74) is -0.352. The van der Waals surface area contributed by atoms with E-state index < -0.39 is 23.7 Å². The molecule has 15 heavy (non-hydrogen) atoms. The van der Waals surface area contributed by atoms with Crippen LogP contribution >= 0.6 is 0 Å². The molecule has 0 amide bonds. The van der Waals surface area contributed by atoms with Crippen LogP contribution in [-0.2, 0) is 10.9 Å². The predicted octanol–water partition coefficient (Wildman–Crippen LogP) is 1.59. The van der Waals surface area contributed by atoms with Crippen LogP contribution in [0.4, 0.5) is 13.2 Å². The molecular formula is C8H7F3N2O2. The van der Waals surface area contributed by atoms with Gasteiger partial charge in [-0.1, -0.05) is 0 Å². The van der Waals surface area contributed by atoms with Crippen LogP contribution in [0.3, 0.4) is 0 Å². The van der Waals surface area contributed by atoms with Gasteiger partial charge in [0.05, 0.1) is 7.11 Å². The zero-order valence-corrected chi connectivity index (χ0v) is 7.92. The first-order valence-corrected chi connectivity index (χ1v) is 3.86. The average molecular weight is 220 g/mol. The molecule has 1 aromatic heterocycles. The van der Waals surface area contributed by atoms with Gasteiger partial charge in [-0.25, -0.2) is 14.8 Å². The molecule has 0 spiro atoms. The highest BCUT2D eigenvalue weighted by Gasteiger charge is 2.35. The molecule has 0 radical (unpaired) electrons. The van der Waals surface area contributed by atoms with Crippen molar-refractivity contribution in [2.75, 3.05) is 7.11 Å². The number of halogens is 3. The van der Waals surface area contributed by atoms with E-state index in [1.54, 1.807) is 0 Å². The molecule has 0 aliphatic rings. The fourth-order valence-electron chi connectivity index (χ4n) is 0.904. The fraction of sp³-hybridized carbons (Fsp3) is 0.375. The summed E-state index contributed by atoms with van der Waals surface area (Å²) < 4.78 is 41.0. The molecule has 0 unspecified atom stereocenters. The van der Waals surface area contributed by atoms with Crippen molar-refractivity contribution in [1.82, 2.24) is 9.97 Å². The quantitative estimate of drug-likeness (QED) is 0.674. The molecule has 0 fully saturated rings. The number of aromatic nitrogens is 2. The minimum Gasteiger partial charge on any atom is -0.464 e. The van der Waals surface area contributed by atoms with Gasteiger partial charge in [-0.05, 0) is 13.0 Å². The zero-order chi connectivity index (χ0) is 11.6. The largest absolute Gasteiger partial charge is 0.464 e. The summed E-state index contributed by atoms with van der Waals surface area (Å²) in [7, 11) is 1.06. The summed E-state index contributed by atoms with van der Waals surface area (Å²) in [5.74, 6) is -2.27. The minimum atomic E-state index is -4.67. The topological polar surface area (TPSA) is 52.1 Å². The number of aryl methyl sites for hydroxylation is 1. The Bertz CT molecular complexity index is 390. The molecule has 0 N–H and O–H groups in total. The van der Waals surface area contributed by atoms with E-state index in [-0.39, 0.29) is 5.69 Å². The minimum absolute atomic E-state index is 0.0534. The maximum absolute atomic E-state index is 12.2. The lowest BCUT2D eigenvalue weighted by molar-refractivity contribution is -0.145. The van der Waals surface area contributed by atoms with E-state index >= 15 is 0 Å². The van der Waals surface area contributed by atoms with Crippen LogP contribution < -0.4 is 0 Å². The Morgan fingerprint density at radius 1 is 1.40 bits per heavy atom. The van der Waals surface area contributed by atoms with Gasteiger partial charge in [-0.3, -0.25) is 0 Å². The number of hydrogen-bond acceptors (Lipinski definition) is 4. The van der Waals surface area contributed by atoms with E-state index in [9.17, 15) is 18.0 Å². The summed E-state index contributed by atoms with van der Waals surface area (Å²) in [6.07, 6.45) is -4.67. The lowest BCUT2D eigenvalue weighted by Gasteiger charge is -2.06. The van der Waals surface area contributed by atoms with Crippen molar-refractivity contribution in [3.8, 4) is 0 Å². The smallest absolute Gasteiger partial charge is 0.451 e. The fourth-order valence-corrected chi connectivity index (χ4v) is 0.904. The van der Waals surface area contributed by atoms with Crippen molar-refractivity contribution >= 4 is 5.97 Å². The molecule has 1 aromatic rings. The molecule has 0 aliphatic heterocycles. The molecule has 1 heterocycles. The Labute approximate surface area is 83.1 Å². The summed E-state index contributed by atoms with van der Waals surface area (Å²) in [5, 5.41) is 0. The lowest BCUT2D eigenvalue weighted by Crippen LogP contribution is -2.16. The van der Waals surface area contributed by atoms with Gasteiger partial charge in [-0.2, -0.15) is 13.2 Å². The van der Waals surface area contributed by atoms with Crippen LogP contribution in [0.25, 0.3) is 0 Å². The van der Waals surface area contributed by atoms with Crippen molar-refractivity contribution in [1.29, 1.82) is 0 Å². The molecule has 0 aromatic carbocycles. The number of rotatable bonds is 1. The first-order valence-electron chi connectivity index (χ1n) is 3.86. The lowest BCUT2D eigenvalue weighted by atomic mass is 10.3. The summed E-state index contributed by atoms with van der Waals surface area (Å²) in [6, 6.07) is 1.13. The van der Waals surface area contributed by atoms with Crippen molar-refractivity contribution in [2.24, 2.45) is 0 Å². The third-order valence-corrected chi connectivity index (χ3v) is 1.50. The Balaban J connectivity index is 3.23. The van der Waals surface area contributed by atoms with E-state index in [0.717, 1.165) is 13.2 Å². The first-order chi connectivity index (χ1) is 6.84. The van der Waals surface area contributed by atoms with E-state index in [4.69, 9.17) is 0 Å². The van der Waals surface area contributed by atoms with Crippen molar-refractivity contribution < 1.29 is 22.7 Å². The van der Waals surface area contributed by atoms with Crippen molar-refractivity contribution in [2.45, 2.75) is 13.1 Å². The van der Waals surface area contributed by atoms with Crippen LogP contribution in [0.15, 0.2) is 6.07 Å². The van der Waals surface area contributed by atoms with Gasteiger partial charge in [-0.15, -0.1) is 0 Å². The molecule has 82 valence electrons. The Hall–Kier alpha value is -1.66. The van der Waals surface area contributed by atoms with Gasteiger partial charge in [0, 0.05) is 5.69 Å². The van der Waals surface area contributed by atoms with Crippen LogP contribution in [0.2, 0.25) is 0 Å². The third kappa shape index (κ3) is 2.64. The van der Waals surface area contributed by atoms with Gasteiger partial charge in [0.1, 0.15) is 0 Å². The number of ether oxygens (including phenoxy) is 1. The molecule has 0 aliphatic carbocycles. The SMILES string of the molecule is COC(=O)c1cc(C)nc(C(F)(F)F)n1. The number of nitrogens with zero attached hydrogens (tertiary/aromatic N) is 2. The summed E-state index contributed by atoms with van der Waals surface area (Å²) >= 11 is 0. The van der Waals surface area contributed by atoms with Crippen molar-refractivity contribution in [3.63, 3.8) is 0 Å².